The van der Waals surface area contributed by atoms with Crippen molar-refractivity contribution in [2.45, 2.75) is 20.0 Å². The van der Waals surface area contributed by atoms with Gasteiger partial charge in [0.25, 0.3) is 5.91 Å². The number of ether oxygens (including phenoxy) is 2. The van der Waals surface area contributed by atoms with E-state index in [4.69, 9.17) is 21.1 Å². The van der Waals surface area contributed by atoms with Crippen LogP contribution in [0.4, 0.5) is 5.69 Å². The molecule has 1 atom stereocenters. The number of nitrogens with one attached hydrogen (secondary N) is 1. The highest BCUT2D eigenvalue weighted by molar-refractivity contribution is 6.18. The fourth-order valence-corrected chi connectivity index (χ4v) is 2.30. The summed E-state index contributed by atoms with van der Waals surface area (Å²) in [4.78, 5) is 14.3. The van der Waals surface area contributed by atoms with Gasteiger partial charge in [-0.1, -0.05) is 0 Å². The Hall–Kier alpha value is -1.66. The van der Waals surface area contributed by atoms with Gasteiger partial charge in [-0.25, -0.2) is 0 Å². The molecule has 0 heterocycles. The Bertz CT molecular complexity index is 521. The molecule has 0 aromatic heterocycles. The number of rotatable bonds is 9. The molecule has 1 aromatic rings. The highest BCUT2D eigenvalue weighted by Gasteiger charge is 2.19. The molecule has 7 heteroatoms. The SMILES string of the molecule is CCN(CC)C(=O)c1cc(NCC(O)CCl)c(OC)c(OC)c1. The van der Waals surface area contributed by atoms with Crippen LogP contribution >= 0.6 is 11.6 Å². The van der Waals surface area contributed by atoms with Gasteiger partial charge in [0.15, 0.2) is 11.5 Å². The van der Waals surface area contributed by atoms with Crippen molar-refractivity contribution >= 4 is 23.2 Å². The molecule has 1 unspecified atom stereocenters. The summed E-state index contributed by atoms with van der Waals surface area (Å²) in [6.07, 6.45) is -0.700. The minimum Gasteiger partial charge on any atom is -0.493 e. The van der Waals surface area contributed by atoms with Crippen LogP contribution in [-0.2, 0) is 0 Å². The molecular weight excluding hydrogens is 320 g/mol. The minimum absolute atomic E-state index is 0.0862. The third-order valence-corrected chi connectivity index (χ3v) is 3.84. The number of carbonyl (C=O) groups is 1. The van der Waals surface area contributed by atoms with E-state index >= 15 is 0 Å². The van der Waals surface area contributed by atoms with E-state index in [1.165, 1.54) is 14.2 Å². The first-order chi connectivity index (χ1) is 11.0. The van der Waals surface area contributed by atoms with Gasteiger partial charge in [0.1, 0.15) is 0 Å². The summed E-state index contributed by atoms with van der Waals surface area (Å²) in [5, 5.41) is 12.7. The average molecular weight is 345 g/mol. The largest absolute Gasteiger partial charge is 0.493 e. The van der Waals surface area contributed by atoms with E-state index in [2.05, 4.69) is 5.32 Å². The van der Waals surface area contributed by atoms with Crippen molar-refractivity contribution in [1.82, 2.24) is 4.90 Å². The predicted molar refractivity (Wildman–Crippen MR) is 92.0 cm³/mol. The molecule has 0 radical (unpaired) electrons. The minimum atomic E-state index is -0.700. The molecule has 2 N–H and O–H groups in total. The number of anilines is 1. The fourth-order valence-electron chi connectivity index (χ4n) is 2.19. The Morgan fingerprint density at radius 2 is 1.96 bits per heavy atom. The van der Waals surface area contributed by atoms with Crippen LogP contribution in [-0.4, -0.2) is 61.8 Å². The molecule has 1 aromatic carbocycles. The van der Waals surface area contributed by atoms with Crippen molar-refractivity contribution in [3.63, 3.8) is 0 Å². The Kier molecular flexibility index (Phi) is 7.98. The van der Waals surface area contributed by atoms with Crippen LogP contribution in [0.25, 0.3) is 0 Å². The third kappa shape index (κ3) is 4.91. The number of halogens is 1. The van der Waals surface area contributed by atoms with Gasteiger partial charge < -0.3 is 24.8 Å². The zero-order valence-electron chi connectivity index (χ0n) is 14.1. The summed E-state index contributed by atoms with van der Waals surface area (Å²) in [6, 6.07) is 3.35. The standard InChI is InChI=1S/C16H25ClN2O4/c1-5-19(6-2)16(21)11-7-13(18-10-12(20)9-17)15(23-4)14(8-11)22-3/h7-8,12,18,20H,5-6,9-10H2,1-4H3. The predicted octanol–water partition coefficient (Wildman–Crippen LogP) is 2.20. The van der Waals surface area contributed by atoms with Gasteiger partial charge in [0.05, 0.1) is 31.9 Å². The lowest BCUT2D eigenvalue weighted by atomic mass is 10.1. The second-order valence-corrected chi connectivity index (χ2v) is 5.23. The molecule has 0 fully saturated rings. The zero-order valence-corrected chi connectivity index (χ0v) is 14.8. The van der Waals surface area contributed by atoms with Crippen molar-refractivity contribution in [3.05, 3.63) is 17.7 Å². The second kappa shape index (κ2) is 9.47. The van der Waals surface area contributed by atoms with E-state index < -0.39 is 6.10 Å². The summed E-state index contributed by atoms with van der Waals surface area (Å²) in [7, 11) is 3.04. The Labute approximate surface area is 142 Å². The van der Waals surface area contributed by atoms with Crippen LogP contribution in [0.1, 0.15) is 24.2 Å². The normalized spacial score (nSPS) is 11.7. The van der Waals surface area contributed by atoms with E-state index in [1.807, 2.05) is 13.8 Å². The number of methoxy groups -OCH3 is 2. The molecule has 6 nitrogen and oxygen atoms in total. The molecule has 0 spiro atoms. The van der Waals surface area contributed by atoms with Crippen molar-refractivity contribution < 1.29 is 19.4 Å². The summed E-state index contributed by atoms with van der Waals surface area (Å²) in [6.45, 7) is 5.34. The number of amides is 1. The Balaban J connectivity index is 3.20. The van der Waals surface area contributed by atoms with Crippen LogP contribution in [0, 0.1) is 0 Å². The van der Waals surface area contributed by atoms with E-state index in [0.29, 0.717) is 35.8 Å². The van der Waals surface area contributed by atoms with Crippen LogP contribution in [0.15, 0.2) is 12.1 Å². The summed E-state index contributed by atoms with van der Waals surface area (Å²) in [5.74, 6) is 0.959. The van der Waals surface area contributed by atoms with E-state index in [9.17, 15) is 9.90 Å². The Morgan fingerprint density at radius 3 is 2.43 bits per heavy atom. The van der Waals surface area contributed by atoms with Crippen molar-refractivity contribution in [2.24, 2.45) is 0 Å². The van der Waals surface area contributed by atoms with E-state index in [1.54, 1.807) is 17.0 Å². The third-order valence-electron chi connectivity index (χ3n) is 3.48. The molecule has 1 amide bonds. The highest BCUT2D eigenvalue weighted by Crippen LogP contribution is 2.37. The lowest BCUT2D eigenvalue weighted by Gasteiger charge is -2.21. The monoisotopic (exact) mass is 344 g/mol. The van der Waals surface area contributed by atoms with Gasteiger partial charge in [0, 0.05) is 25.2 Å². The van der Waals surface area contributed by atoms with Crippen LogP contribution in [0.2, 0.25) is 0 Å². The highest BCUT2D eigenvalue weighted by atomic mass is 35.5. The molecule has 0 aliphatic heterocycles. The fraction of sp³-hybridized carbons (Fsp3) is 0.562. The molecular formula is C16H25ClN2O4. The van der Waals surface area contributed by atoms with Gasteiger partial charge in [-0.3, -0.25) is 4.79 Å². The second-order valence-electron chi connectivity index (χ2n) is 4.93. The van der Waals surface area contributed by atoms with E-state index in [-0.39, 0.29) is 18.3 Å². The molecule has 1 rings (SSSR count). The van der Waals surface area contributed by atoms with Gasteiger partial charge in [-0.15, -0.1) is 11.6 Å². The number of aliphatic hydroxyl groups excluding tert-OH is 1. The van der Waals surface area contributed by atoms with E-state index in [0.717, 1.165) is 0 Å². The summed E-state index contributed by atoms with van der Waals surface area (Å²) in [5.41, 5.74) is 1.07. The molecule has 0 saturated carbocycles. The number of nitrogens with zero attached hydrogens (tertiary/aromatic N) is 1. The molecule has 130 valence electrons. The molecule has 0 aliphatic carbocycles. The lowest BCUT2D eigenvalue weighted by molar-refractivity contribution is 0.0772. The number of aliphatic hydroxyl groups is 1. The van der Waals surface area contributed by atoms with Crippen molar-refractivity contribution in [3.8, 4) is 11.5 Å². The number of carbonyl (C=O) groups excluding carboxylic acids is 1. The quantitative estimate of drug-likeness (QED) is 0.672. The average Bonchev–Trinajstić information content (AvgIpc) is 2.59. The van der Waals surface area contributed by atoms with Crippen molar-refractivity contribution in [1.29, 1.82) is 0 Å². The topological polar surface area (TPSA) is 71.0 Å². The first-order valence-corrected chi connectivity index (χ1v) is 8.08. The maximum atomic E-state index is 12.6. The summed E-state index contributed by atoms with van der Waals surface area (Å²) >= 11 is 5.60. The lowest BCUT2D eigenvalue weighted by Crippen LogP contribution is -2.30. The van der Waals surface area contributed by atoms with Gasteiger partial charge in [-0.05, 0) is 26.0 Å². The maximum absolute atomic E-state index is 12.6. The first kappa shape index (κ1) is 19.4. The molecule has 0 aliphatic rings. The molecule has 23 heavy (non-hydrogen) atoms. The number of hydrogen-bond acceptors (Lipinski definition) is 5. The number of hydrogen-bond donors (Lipinski definition) is 2. The molecule has 0 bridgehead atoms. The first-order valence-electron chi connectivity index (χ1n) is 7.55. The van der Waals surface area contributed by atoms with Gasteiger partial charge in [0.2, 0.25) is 0 Å². The van der Waals surface area contributed by atoms with Crippen LogP contribution < -0.4 is 14.8 Å². The summed E-state index contributed by atoms with van der Waals surface area (Å²) < 4.78 is 10.7. The van der Waals surface area contributed by atoms with Gasteiger partial charge in [-0.2, -0.15) is 0 Å². The van der Waals surface area contributed by atoms with Crippen LogP contribution in [0.5, 0.6) is 11.5 Å². The zero-order chi connectivity index (χ0) is 17.4. The number of benzene rings is 1. The van der Waals surface area contributed by atoms with Crippen molar-refractivity contribution in [2.75, 3.05) is 45.1 Å². The Morgan fingerprint density at radius 1 is 1.30 bits per heavy atom. The smallest absolute Gasteiger partial charge is 0.254 e. The maximum Gasteiger partial charge on any atom is 0.254 e. The van der Waals surface area contributed by atoms with Crippen LogP contribution in [0.3, 0.4) is 0 Å². The molecule has 0 saturated heterocycles. The number of alkyl halides is 1. The van der Waals surface area contributed by atoms with Gasteiger partial charge >= 0.3 is 0 Å².